The van der Waals surface area contributed by atoms with Crippen LogP contribution in [0.15, 0.2) is 34.8 Å². The number of hydrogen-bond donors (Lipinski definition) is 0. The van der Waals surface area contributed by atoms with Crippen molar-refractivity contribution in [3.05, 3.63) is 52.1 Å². The van der Waals surface area contributed by atoms with Gasteiger partial charge in [-0.1, -0.05) is 6.07 Å². The summed E-state index contributed by atoms with van der Waals surface area (Å²) in [4.78, 5) is 8.27. The zero-order valence-corrected chi connectivity index (χ0v) is 13.8. The predicted octanol–water partition coefficient (Wildman–Crippen LogP) is 4.78. The maximum absolute atomic E-state index is 13.8. The summed E-state index contributed by atoms with van der Waals surface area (Å²) in [6.07, 6.45) is 0. The van der Waals surface area contributed by atoms with E-state index in [0.717, 1.165) is 6.07 Å². The van der Waals surface area contributed by atoms with Gasteiger partial charge in [-0.25, -0.2) is 18.7 Å². The molecular weight excluding hydrogens is 370 g/mol. The molecule has 0 spiro atoms. The molecule has 0 aliphatic rings. The van der Waals surface area contributed by atoms with Crippen LogP contribution in [0.5, 0.6) is 17.4 Å². The van der Waals surface area contributed by atoms with Gasteiger partial charge in [0, 0.05) is 0 Å². The highest BCUT2D eigenvalue weighted by Crippen LogP contribution is 2.37. The van der Waals surface area contributed by atoms with E-state index >= 15 is 0 Å². The quantitative estimate of drug-likeness (QED) is 0.655. The molecule has 4 nitrogen and oxygen atoms in total. The minimum Gasteiger partial charge on any atom is -0.495 e. The molecule has 0 saturated heterocycles. The smallest absolute Gasteiger partial charge is 0.241 e. The van der Waals surface area contributed by atoms with Crippen molar-refractivity contribution < 1.29 is 18.3 Å². The van der Waals surface area contributed by atoms with E-state index in [1.165, 1.54) is 6.07 Å². The lowest BCUT2D eigenvalue weighted by molar-refractivity contribution is 0.402. The molecule has 3 aromatic rings. The van der Waals surface area contributed by atoms with Crippen LogP contribution in [0.25, 0.3) is 11.0 Å². The number of rotatable bonds is 3. The number of benzene rings is 2. The Balaban J connectivity index is 2.07. The summed E-state index contributed by atoms with van der Waals surface area (Å²) in [5, 5.41) is 0. The number of hydrogen-bond acceptors (Lipinski definition) is 4. The fraction of sp³-hybridized carbons (Fsp3) is 0.125. The maximum atomic E-state index is 13.8. The largest absolute Gasteiger partial charge is 0.495 e. The van der Waals surface area contributed by atoms with E-state index in [9.17, 15) is 8.78 Å². The molecule has 0 unspecified atom stereocenters. The fourth-order valence-electron chi connectivity index (χ4n) is 2.06. The molecule has 3 rings (SSSR count). The first-order valence-corrected chi connectivity index (χ1v) is 7.43. The minimum absolute atomic E-state index is 0.125. The van der Waals surface area contributed by atoms with Gasteiger partial charge in [-0.2, -0.15) is 0 Å². The Morgan fingerprint density at radius 2 is 1.78 bits per heavy atom. The normalized spacial score (nSPS) is 10.8. The molecule has 0 saturated carbocycles. The molecule has 0 bridgehead atoms. The Morgan fingerprint density at radius 3 is 2.52 bits per heavy atom. The van der Waals surface area contributed by atoms with E-state index in [2.05, 4.69) is 25.9 Å². The van der Waals surface area contributed by atoms with Crippen LogP contribution >= 0.6 is 15.9 Å². The van der Waals surface area contributed by atoms with Crippen LogP contribution in [-0.2, 0) is 0 Å². The lowest BCUT2D eigenvalue weighted by Gasteiger charge is -2.12. The van der Waals surface area contributed by atoms with Gasteiger partial charge in [-0.05, 0) is 47.1 Å². The van der Waals surface area contributed by atoms with Crippen molar-refractivity contribution in [1.29, 1.82) is 0 Å². The third-order valence-corrected chi connectivity index (χ3v) is 3.99. The van der Waals surface area contributed by atoms with Crippen molar-refractivity contribution in [2.24, 2.45) is 0 Å². The average molecular weight is 381 g/mol. The first-order chi connectivity index (χ1) is 11.0. The topological polar surface area (TPSA) is 44.2 Å². The molecule has 0 aliphatic heterocycles. The van der Waals surface area contributed by atoms with E-state index in [1.807, 2.05) is 0 Å². The second-order valence-electron chi connectivity index (χ2n) is 4.72. The van der Waals surface area contributed by atoms with Crippen molar-refractivity contribution in [2.45, 2.75) is 6.92 Å². The van der Waals surface area contributed by atoms with Gasteiger partial charge in [-0.15, -0.1) is 0 Å². The standard InChI is InChI=1S/C16H11BrF2N2O2/c1-8-16(23-12-5-3-4-11(22-2)13(12)17)21-10-7-6-9(18)14(19)15(10)20-8/h3-7H,1-2H3. The first kappa shape index (κ1) is 15.6. The molecule has 0 amide bonds. The third-order valence-electron chi connectivity index (χ3n) is 3.21. The average Bonchev–Trinajstić information content (AvgIpc) is 2.54. The second kappa shape index (κ2) is 6.08. The molecule has 7 heteroatoms. The van der Waals surface area contributed by atoms with Gasteiger partial charge < -0.3 is 9.47 Å². The van der Waals surface area contributed by atoms with E-state index in [1.54, 1.807) is 32.2 Å². The molecule has 0 radical (unpaired) electrons. The van der Waals surface area contributed by atoms with Gasteiger partial charge in [0.25, 0.3) is 0 Å². The molecule has 1 heterocycles. The van der Waals surface area contributed by atoms with Crippen molar-refractivity contribution in [2.75, 3.05) is 7.11 Å². The van der Waals surface area contributed by atoms with Gasteiger partial charge >= 0.3 is 0 Å². The van der Waals surface area contributed by atoms with Gasteiger partial charge in [-0.3, -0.25) is 0 Å². The number of nitrogens with zero attached hydrogens (tertiary/aromatic N) is 2. The van der Waals surface area contributed by atoms with E-state index in [-0.39, 0.29) is 16.9 Å². The van der Waals surface area contributed by atoms with Gasteiger partial charge in [0.05, 0.1) is 12.6 Å². The summed E-state index contributed by atoms with van der Waals surface area (Å²) in [5.74, 6) is -0.703. The Morgan fingerprint density at radius 1 is 1.04 bits per heavy atom. The number of ether oxygens (including phenoxy) is 2. The zero-order chi connectivity index (χ0) is 16.6. The lowest BCUT2D eigenvalue weighted by Crippen LogP contribution is -1.99. The Labute approximate surface area is 139 Å². The van der Waals surface area contributed by atoms with Crippen LogP contribution < -0.4 is 9.47 Å². The highest BCUT2D eigenvalue weighted by Gasteiger charge is 2.15. The summed E-state index contributed by atoms with van der Waals surface area (Å²) in [6.45, 7) is 1.61. The second-order valence-corrected chi connectivity index (χ2v) is 5.51. The van der Waals surface area contributed by atoms with Crippen LogP contribution in [0.3, 0.4) is 0 Å². The van der Waals surface area contributed by atoms with Gasteiger partial charge in [0.2, 0.25) is 5.88 Å². The van der Waals surface area contributed by atoms with Crippen LogP contribution in [0.2, 0.25) is 0 Å². The number of aromatic nitrogens is 2. The Hall–Kier alpha value is -2.28. The first-order valence-electron chi connectivity index (χ1n) is 6.64. The van der Waals surface area contributed by atoms with Crippen molar-refractivity contribution in [3.8, 4) is 17.4 Å². The summed E-state index contributed by atoms with van der Waals surface area (Å²) in [6, 6.07) is 7.62. The molecular formula is C16H11BrF2N2O2. The number of aryl methyl sites for hydroxylation is 1. The minimum atomic E-state index is -1.02. The molecule has 2 aromatic carbocycles. The van der Waals surface area contributed by atoms with E-state index < -0.39 is 11.6 Å². The molecule has 1 aromatic heterocycles. The highest BCUT2D eigenvalue weighted by atomic mass is 79.9. The molecule has 118 valence electrons. The number of halogens is 3. The predicted molar refractivity (Wildman–Crippen MR) is 85.0 cm³/mol. The monoisotopic (exact) mass is 380 g/mol. The fourth-order valence-corrected chi connectivity index (χ4v) is 2.57. The van der Waals surface area contributed by atoms with Crippen molar-refractivity contribution >= 4 is 27.0 Å². The van der Waals surface area contributed by atoms with Crippen LogP contribution in [0, 0.1) is 18.6 Å². The van der Waals surface area contributed by atoms with Gasteiger partial charge in [0.15, 0.2) is 11.6 Å². The molecule has 23 heavy (non-hydrogen) atoms. The van der Waals surface area contributed by atoms with Crippen molar-refractivity contribution in [1.82, 2.24) is 9.97 Å². The number of methoxy groups -OCH3 is 1. The van der Waals surface area contributed by atoms with Crippen LogP contribution in [0.4, 0.5) is 8.78 Å². The molecule has 0 aliphatic carbocycles. The summed E-state index contributed by atoms with van der Waals surface area (Å²) >= 11 is 3.39. The zero-order valence-electron chi connectivity index (χ0n) is 12.2. The highest BCUT2D eigenvalue weighted by molar-refractivity contribution is 9.10. The van der Waals surface area contributed by atoms with Crippen LogP contribution in [-0.4, -0.2) is 17.1 Å². The Kier molecular flexibility index (Phi) is 4.12. The maximum Gasteiger partial charge on any atom is 0.241 e. The summed E-state index contributed by atoms with van der Waals surface area (Å²) in [7, 11) is 1.54. The van der Waals surface area contributed by atoms with E-state index in [0.29, 0.717) is 21.7 Å². The summed E-state index contributed by atoms with van der Waals surface area (Å²) < 4.78 is 38.6. The summed E-state index contributed by atoms with van der Waals surface area (Å²) in [5.41, 5.74) is 0.430. The third kappa shape index (κ3) is 2.84. The van der Waals surface area contributed by atoms with E-state index in [4.69, 9.17) is 9.47 Å². The van der Waals surface area contributed by atoms with Crippen molar-refractivity contribution in [3.63, 3.8) is 0 Å². The van der Waals surface area contributed by atoms with Gasteiger partial charge in [0.1, 0.15) is 27.2 Å². The molecule has 0 N–H and O–H groups in total. The molecule has 0 fully saturated rings. The Bertz CT molecular complexity index is 903. The molecule has 0 atom stereocenters. The van der Waals surface area contributed by atoms with Crippen LogP contribution in [0.1, 0.15) is 5.69 Å². The lowest BCUT2D eigenvalue weighted by atomic mass is 10.2. The number of fused-ring (bicyclic) bond motifs is 1. The SMILES string of the molecule is COc1cccc(Oc2nc3ccc(F)c(F)c3nc2C)c1Br.